The Morgan fingerprint density at radius 1 is 0.969 bits per heavy atom. The van der Waals surface area contributed by atoms with Gasteiger partial charge in [0.25, 0.3) is 5.91 Å². The van der Waals surface area contributed by atoms with E-state index in [1.807, 2.05) is 17.0 Å². The lowest BCUT2D eigenvalue weighted by Gasteiger charge is -2.34. The highest BCUT2D eigenvalue weighted by Crippen LogP contribution is 2.45. The monoisotopic (exact) mass is 474 g/mol. The van der Waals surface area contributed by atoms with Crippen molar-refractivity contribution in [1.82, 2.24) is 9.80 Å². The van der Waals surface area contributed by atoms with Crippen LogP contribution in [0.1, 0.15) is 47.5 Å². The van der Waals surface area contributed by atoms with E-state index in [1.165, 1.54) is 18.4 Å². The summed E-state index contributed by atoms with van der Waals surface area (Å²) < 4.78 is 13.2. The summed E-state index contributed by atoms with van der Waals surface area (Å²) in [6.07, 6.45) is 4.79. The van der Waals surface area contributed by atoms with Gasteiger partial charge in [0.15, 0.2) is 0 Å². The highest BCUT2D eigenvalue weighted by atomic mass is 35.5. The van der Waals surface area contributed by atoms with Crippen LogP contribution in [0.4, 0.5) is 4.39 Å². The summed E-state index contributed by atoms with van der Waals surface area (Å²) in [6.45, 7) is 4.81. The Morgan fingerprint density at radius 2 is 1.69 bits per heavy atom. The Morgan fingerprint density at radius 3 is 2.34 bits per heavy atom. The second-order valence-corrected chi connectivity index (χ2v) is 10.6. The fourth-order valence-corrected chi connectivity index (χ4v) is 6.15. The van der Waals surface area contributed by atoms with Crippen LogP contribution in [0.3, 0.4) is 0 Å². The first kappa shape index (κ1) is 22.2. The molecule has 0 bridgehead atoms. The molecule has 0 spiro atoms. The van der Waals surface area contributed by atoms with Crippen LogP contribution in [-0.4, -0.2) is 48.4 Å². The summed E-state index contributed by atoms with van der Waals surface area (Å²) in [5, 5.41) is 0.975. The van der Waals surface area contributed by atoms with Gasteiger partial charge < -0.3 is 9.80 Å². The smallest absolute Gasteiger partial charge is 0.255 e. The predicted molar refractivity (Wildman–Crippen MR) is 127 cm³/mol. The van der Waals surface area contributed by atoms with Gasteiger partial charge in [0, 0.05) is 24.7 Å². The summed E-state index contributed by atoms with van der Waals surface area (Å²) in [4.78, 5) is 17.8. The van der Waals surface area contributed by atoms with Crippen molar-refractivity contribution in [3.05, 3.63) is 69.5 Å². The van der Waals surface area contributed by atoms with Crippen molar-refractivity contribution in [2.45, 2.75) is 31.6 Å². The number of carbonyl (C=O) groups excluding carboxylic acids is 1. The van der Waals surface area contributed by atoms with E-state index < -0.39 is 0 Å². The summed E-state index contributed by atoms with van der Waals surface area (Å²) >= 11 is 12.3. The lowest BCUT2D eigenvalue weighted by Crippen LogP contribution is -2.39. The third kappa shape index (κ3) is 4.83. The molecule has 0 aromatic heterocycles. The Kier molecular flexibility index (Phi) is 6.46. The number of amides is 1. The zero-order valence-corrected chi connectivity index (χ0v) is 19.7. The van der Waals surface area contributed by atoms with Crippen molar-refractivity contribution >= 4 is 29.1 Å². The average molecular weight is 475 g/mol. The van der Waals surface area contributed by atoms with E-state index in [9.17, 15) is 9.18 Å². The maximum absolute atomic E-state index is 13.2. The molecule has 0 radical (unpaired) electrons. The van der Waals surface area contributed by atoms with Gasteiger partial charge in [-0.15, -0.1) is 0 Å². The Balaban J connectivity index is 1.21. The van der Waals surface area contributed by atoms with Gasteiger partial charge in [0.1, 0.15) is 5.82 Å². The van der Waals surface area contributed by atoms with E-state index in [-0.39, 0.29) is 11.7 Å². The number of benzene rings is 2. The molecule has 2 saturated heterocycles. The zero-order chi connectivity index (χ0) is 22.2. The standard InChI is InChI=1S/C26H29Cl2FN2O/c27-21-5-8-23(25(28)13-21)26(32)31-15-20(24(16-31)19-1-2-19)14-30-11-9-18(10-12-30)17-3-6-22(29)7-4-17/h3-8,13,18-20,24H,1-2,9-12,14-16H2/t20-,24+/m1/s1. The van der Waals surface area contributed by atoms with Crippen LogP contribution in [0.5, 0.6) is 0 Å². The van der Waals surface area contributed by atoms with Crippen LogP contribution < -0.4 is 0 Å². The van der Waals surface area contributed by atoms with E-state index in [1.54, 1.807) is 30.3 Å². The second-order valence-electron chi connectivity index (χ2n) is 9.72. The lowest BCUT2D eigenvalue weighted by atomic mass is 9.87. The van der Waals surface area contributed by atoms with E-state index >= 15 is 0 Å². The number of likely N-dealkylation sites (tertiary alicyclic amines) is 2. The summed E-state index contributed by atoms with van der Waals surface area (Å²) in [6, 6.07) is 12.1. The molecule has 170 valence electrons. The molecule has 6 heteroatoms. The number of piperidine rings is 1. The number of hydrogen-bond donors (Lipinski definition) is 0. The summed E-state index contributed by atoms with van der Waals surface area (Å²) in [5.41, 5.74) is 1.80. The number of hydrogen-bond acceptors (Lipinski definition) is 2. The summed E-state index contributed by atoms with van der Waals surface area (Å²) in [5.74, 6) is 2.22. The van der Waals surface area contributed by atoms with Crippen molar-refractivity contribution in [1.29, 1.82) is 0 Å². The summed E-state index contributed by atoms with van der Waals surface area (Å²) in [7, 11) is 0. The maximum atomic E-state index is 13.2. The van der Waals surface area contributed by atoms with E-state index in [4.69, 9.17) is 23.2 Å². The lowest BCUT2D eigenvalue weighted by molar-refractivity contribution is 0.0780. The minimum absolute atomic E-state index is 0.0230. The zero-order valence-electron chi connectivity index (χ0n) is 18.2. The molecule has 0 N–H and O–H groups in total. The van der Waals surface area contributed by atoms with Gasteiger partial charge in [-0.25, -0.2) is 4.39 Å². The molecular formula is C26H29Cl2FN2O. The van der Waals surface area contributed by atoms with Crippen LogP contribution in [0.2, 0.25) is 10.0 Å². The quantitative estimate of drug-likeness (QED) is 0.521. The predicted octanol–water partition coefficient (Wildman–Crippen LogP) is 6.11. The molecule has 3 aliphatic rings. The van der Waals surface area contributed by atoms with Gasteiger partial charge in [-0.1, -0.05) is 35.3 Å². The van der Waals surface area contributed by atoms with Crippen LogP contribution in [0.25, 0.3) is 0 Å². The average Bonchev–Trinajstić information content (AvgIpc) is 3.55. The first-order valence-electron chi connectivity index (χ1n) is 11.7. The Bertz CT molecular complexity index is 970. The van der Waals surface area contributed by atoms with E-state index in [0.29, 0.717) is 33.4 Å². The largest absolute Gasteiger partial charge is 0.338 e. The number of nitrogens with zero attached hydrogens (tertiary/aromatic N) is 2. The molecule has 2 aromatic rings. The molecule has 1 aliphatic carbocycles. The van der Waals surface area contributed by atoms with Gasteiger partial charge in [0.2, 0.25) is 0 Å². The first-order chi connectivity index (χ1) is 15.5. The van der Waals surface area contributed by atoms with Gasteiger partial charge in [-0.05, 0) is 98.3 Å². The minimum atomic E-state index is -0.169. The molecule has 1 saturated carbocycles. The fraction of sp³-hybridized carbons (Fsp3) is 0.500. The SMILES string of the molecule is O=C(c1ccc(Cl)cc1Cl)N1C[C@@H](CN2CCC(c3ccc(F)cc3)CC2)[C@H](C2CC2)C1. The molecule has 3 nitrogen and oxygen atoms in total. The van der Waals surface area contributed by atoms with Crippen LogP contribution >= 0.6 is 23.2 Å². The molecule has 2 aliphatic heterocycles. The topological polar surface area (TPSA) is 23.6 Å². The van der Waals surface area contributed by atoms with Gasteiger partial charge in [0.05, 0.1) is 10.6 Å². The number of halogens is 3. The molecule has 5 rings (SSSR count). The second kappa shape index (κ2) is 9.32. The van der Waals surface area contributed by atoms with Crippen molar-refractivity contribution in [3.8, 4) is 0 Å². The Hall–Kier alpha value is -1.62. The van der Waals surface area contributed by atoms with Crippen LogP contribution in [0, 0.1) is 23.6 Å². The van der Waals surface area contributed by atoms with Crippen molar-refractivity contribution in [2.75, 3.05) is 32.7 Å². The van der Waals surface area contributed by atoms with Crippen molar-refractivity contribution in [2.24, 2.45) is 17.8 Å². The van der Waals surface area contributed by atoms with Crippen molar-refractivity contribution in [3.63, 3.8) is 0 Å². The highest BCUT2D eigenvalue weighted by molar-refractivity contribution is 6.36. The minimum Gasteiger partial charge on any atom is -0.338 e. The maximum Gasteiger partial charge on any atom is 0.255 e. The first-order valence-corrected chi connectivity index (χ1v) is 12.5. The van der Waals surface area contributed by atoms with E-state index in [2.05, 4.69) is 4.90 Å². The normalized spacial score (nSPS) is 24.8. The fourth-order valence-electron chi connectivity index (χ4n) is 5.66. The van der Waals surface area contributed by atoms with Gasteiger partial charge >= 0.3 is 0 Å². The molecule has 2 atom stereocenters. The molecule has 1 amide bonds. The van der Waals surface area contributed by atoms with Crippen LogP contribution in [-0.2, 0) is 0 Å². The number of rotatable bonds is 5. The molecule has 32 heavy (non-hydrogen) atoms. The molecule has 0 unspecified atom stereocenters. The van der Waals surface area contributed by atoms with Crippen molar-refractivity contribution < 1.29 is 9.18 Å². The van der Waals surface area contributed by atoms with Crippen LogP contribution in [0.15, 0.2) is 42.5 Å². The molecule has 2 heterocycles. The number of carbonyl (C=O) groups is 1. The third-order valence-electron chi connectivity index (χ3n) is 7.59. The molecule has 2 aromatic carbocycles. The van der Waals surface area contributed by atoms with Gasteiger partial charge in [-0.2, -0.15) is 0 Å². The van der Waals surface area contributed by atoms with E-state index in [0.717, 1.165) is 51.5 Å². The Labute approximate surface area is 199 Å². The molecule has 3 fully saturated rings. The molecular weight excluding hydrogens is 446 g/mol. The third-order valence-corrected chi connectivity index (χ3v) is 8.14. The highest BCUT2D eigenvalue weighted by Gasteiger charge is 2.44. The van der Waals surface area contributed by atoms with Gasteiger partial charge in [-0.3, -0.25) is 4.79 Å².